The monoisotopic (exact) mass is 317 g/mol. The summed E-state index contributed by atoms with van der Waals surface area (Å²) in [5, 5.41) is 10.6. The molecule has 3 N–H and O–H groups in total. The van der Waals surface area contributed by atoms with Crippen molar-refractivity contribution in [2.45, 2.75) is 24.7 Å². The van der Waals surface area contributed by atoms with Gasteiger partial charge >= 0.3 is 0 Å². The lowest BCUT2D eigenvalue weighted by Gasteiger charge is -2.08. The minimum Gasteiger partial charge on any atom is -0.393 e. The molecule has 0 radical (unpaired) electrons. The van der Waals surface area contributed by atoms with Gasteiger partial charge in [-0.25, -0.2) is 13.1 Å². The highest BCUT2D eigenvalue weighted by Crippen LogP contribution is 2.24. The van der Waals surface area contributed by atoms with Crippen LogP contribution in [-0.2, 0) is 14.8 Å². The Balaban J connectivity index is 2.62. The van der Waals surface area contributed by atoms with Crippen LogP contribution in [0.15, 0.2) is 23.1 Å². The maximum absolute atomic E-state index is 12.0. The molecule has 0 aliphatic heterocycles. The maximum atomic E-state index is 12.0. The number of nitro benzene ring substituents is 1. The molecule has 0 fully saturated rings. The molecule has 0 aliphatic carbocycles. The molecule has 1 aromatic rings. The summed E-state index contributed by atoms with van der Waals surface area (Å²) in [5.74, 6) is 0. The van der Waals surface area contributed by atoms with E-state index in [2.05, 4.69) is 4.72 Å². The van der Waals surface area contributed by atoms with Crippen LogP contribution in [0.25, 0.3) is 0 Å². The van der Waals surface area contributed by atoms with Gasteiger partial charge in [0.05, 0.1) is 16.4 Å². The smallest absolute Gasteiger partial charge is 0.292 e. The summed E-state index contributed by atoms with van der Waals surface area (Å²) in [4.78, 5) is 9.85. The zero-order valence-corrected chi connectivity index (χ0v) is 12.6. The van der Waals surface area contributed by atoms with Crippen LogP contribution in [-0.4, -0.2) is 33.1 Å². The topological polar surface area (TPSA) is 125 Å². The van der Waals surface area contributed by atoms with Gasteiger partial charge in [-0.3, -0.25) is 10.1 Å². The fraction of sp³-hybridized carbons (Fsp3) is 0.500. The van der Waals surface area contributed by atoms with E-state index in [1.54, 1.807) is 0 Å². The molecule has 0 aliphatic rings. The fourth-order valence-electron chi connectivity index (χ4n) is 1.55. The van der Waals surface area contributed by atoms with E-state index in [0.717, 1.165) is 31.0 Å². The highest BCUT2D eigenvalue weighted by atomic mass is 32.2. The molecule has 118 valence electrons. The standard InChI is InChI=1S/C12H19N3O5S/c1-2-3-7-20-8-6-14-21(18,19)10-4-5-12(15(16)17)11(13)9-10/h4-5,9,14H,2-3,6-8,13H2,1H3. The second-order valence-corrected chi connectivity index (χ2v) is 6.11. The van der Waals surface area contributed by atoms with E-state index in [4.69, 9.17) is 10.5 Å². The van der Waals surface area contributed by atoms with E-state index in [-0.39, 0.29) is 29.4 Å². The predicted molar refractivity (Wildman–Crippen MR) is 78.4 cm³/mol. The second-order valence-electron chi connectivity index (χ2n) is 4.34. The van der Waals surface area contributed by atoms with Gasteiger partial charge in [-0.05, 0) is 18.6 Å². The number of nitro groups is 1. The zero-order valence-electron chi connectivity index (χ0n) is 11.7. The summed E-state index contributed by atoms with van der Waals surface area (Å²) in [6.45, 7) is 3.01. The van der Waals surface area contributed by atoms with Gasteiger partial charge in [-0.15, -0.1) is 0 Å². The number of hydrogen-bond donors (Lipinski definition) is 2. The SMILES string of the molecule is CCCCOCCNS(=O)(=O)c1ccc([N+](=O)[O-])c(N)c1. The molecule has 0 amide bonds. The summed E-state index contributed by atoms with van der Waals surface area (Å²) < 4.78 is 31.5. The van der Waals surface area contributed by atoms with E-state index in [1.165, 1.54) is 0 Å². The van der Waals surface area contributed by atoms with E-state index >= 15 is 0 Å². The molecule has 21 heavy (non-hydrogen) atoms. The van der Waals surface area contributed by atoms with Gasteiger partial charge in [0.25, 0.3) is 5.69 Å². The van der Waals surface area contributed by atoms with Crippen LogP contribution in [0.4, 0.5) is 11.4 Å². The van der Waals surface area contributed by atoms with Gasteiger partial charge in [-0.2, -0.15) is 0 Å². The number of nitrogens with one attached hydrogen (secondary N) is 1. The van der Waals surface area contributed by atoms with Gasteiger partial charge in [-0.1, -0.05) is 13.3 Å². The molecule has 0 saturated heterocycles. The quantitative estimate of drug-likeness (QED) is 0.306. The number of nitrogen functional groups attached to an aromatic ring is 1. The van der Waals surface area contributed by atoms with Crippen molar-refractivity contribution in [3.05, 3.63) is 28.3 Å². The molecule has 0 aromatic heterocycles. The lowest BCUT2D eigenvalue weighted by molar-refractivity contribution is -0.383. The molecular weight excluding hydrogens is 298 g/mol. The molecule has 9 heteroatoms. The molecule has 0 bridgehead atoms. The van der Waals surface area contributed by atoms with Crippen LogP contribution >= 0.6 is 0 Å². The van der Waals surface area contributed by atoms with Crippen molar-refractivity contribution in [1.82, 2.24) is 4.72 Å². The molecule has 8 nitrogen and oxygen atoms in total. The Hall–Kier alpha value is -1.71. The third-order valence-electron chi connectivity index (χ3n) is 2.69. The third-order valence-corrected chi connectivity index (χ3v) is 4.15. The number of unbranched alkanes of at least 4 members (excludes halogenated alkanes) is 1. The first-order valence-electron chi connectivity index (χ1n) is 6.50. The van der Waals surface area contributed by atoms with Crippen molar-refractivity contribution in [2.75, 3.05) is 25.5 Å². The van der Waals surface area contributed by atoms with E-state index in [9.17, 15) is 18.5 Å². The van der Waals surface area contributed by atoms with Crippen LogP contribution < -0.4 is 10.5 Å². The number of rotatable bonds is 9. The summed E-state index contributed by atoms with van der Waals surface area (Å²) in [7, 11) is -3.75. The average Bonchev–Trinajstić information content (AvgIpc) is 2.42. The molecule has 0 spiro atoms. The molecule has 0 atom stereocenters. The van der Waals surface area contributed by atoms with Crippen LogP contribution in [0, 0.1) is 10.1 Å². The fourth-order valence-corrected chi connectivity index (χ4v) is 2.59. The zero-order chi connectivity index (χ0) is 15.9. The van der Waals surface area contributed by atoms with Crippen molar-refractivity contribution < 1.29 is 18.1 Å². The summed E-state index contributed by atoms with van der Waals surface area (Å²) in [6, 6.07) is 3.29. The van der Waals surface area contributed by atoms with Crippen molar-refractivity contribution in [3.8, 4) is 0 Å². The van der Waals surface area contributed by atoms with Crippen LogP contribution in [0.2, 0.25) is 0 Å². The molecule has 1 aromatic carbocycles. The first-order valence-corrected chi connectivity index (χ1v) is 7.98. The lowest BCUT2D eigenvalue weighted by Crippen LogP contribution is -2.27. The number of anilines is 1. The van der Waals surface area contributed by atoms with Crippen LogP contribution in [0.3, 0.4) is 0 Å². The number of ether oxygens (including phenoxy) is 1. The summed E-state index contributed by atoms with van der Waals surface area (Å²) in [6.07, 6.45) is 1.93. The van der Waals surface area contributed by atoms with Gasteiger partial charge in [0.15, 0.2) is 0 Å². The Labute approximate surface area is 123 Å². The molecule has 0 unspecified atom stereocenters. The number of benzene rings is 1. The summed E-state index contributed by atoms with van der Waals surface area (Å²) in [5.41, 5.74) is 4.96. The van der Waals surface area contributed by atoms with E-state index in [0.29, 0.717) is 6.61 Å². The largest absolute Gasteiger partial charge is 0.393 e. The average molecular weight is 317 g/mol. The normalized spacial score (nSPS) is 11.5. The second kappa shape index (κ2) is 7.91. The first-order chi connectivity index (χ1) is 9.88. The third kappa shape index (κ3) is 5.29. The lowest BCUT2D eigenvalue weighted by atomic mass is 10.3. The van der Waals surface area contributed by atoms with Crippen molar-refractivity contribution >= 4 is 21.4 Å². The van der Waals surface area contributed by atoms with Crippen molar-refractivity contribution in [1.29, 1.82) is 0 Å². The first kappa shape index (κ1) is 17.3. The Morgan fingerprint density at radius 3 is 2.67 bits per heavy atom. The number of nitrogens with two attached hydrogens (primary N) is 1. The van der Waals surface area contributed by atoms with E-state index in [1.807, 2.05) is 6.92 Å². The number of sulfonamides is 1. The highest BCUT2D eigenvalue weighted by molar-refractivity contribution is 7.89. The minimum atomic E-state index is -3.75. The Bertz CT molecular complexity index is 589. The Morgan fingerprint density at radius 2 is 2.10 bits per heavy atom. The highest BCUT2D eigenvalue weighted by Gasteiger charge is 2.18. The van der Waals surface area contributed by atoms with Crippen LogP contribution in [0.5, 0.6) is 0 Å². The number of nitrogens with zero attached hydrogens (tertiary/aromatic N) is 1. The van der Waals surface area contributed by atoms with Crippen molar-refractivity contribution in [2.24, 2.45) is 0 Å². The summed E-state index contributed by atoms with van der Waals surface area (Å²) >= 11 is 0. The molecule has 0 saturated carbocycles. The maximum Gasteiger partial charge on any atom is 0.292 e. The predicted octanol–water partition coefficient (Wildman–Crippen LogP) is 1.27. The minimum absolute atomic E-state index is 0.112. The van der Waals surface area contributed by atoms with Gasteiger partial charge in [0, 0.05) is 19.2 Å². The molecule has 1 rings (SSSR count). The van der Waals surface area contributed by atoms with Crippen molar-refractivity contribution in [3.63, 3.8) is 0 Å². The van der Waals surface area contributed by atoms with Crippen LogP contribution in [0.1, 0.15) is 19.8 Å². The van der Waals surface area contributed by atoms with Gasteiger partial charge in [0.2, 0.25) is 10.0 Å². The Kier molecular flexibility index (Phi) is 6.53. The molecule has 0 heterocycles. The van der Waals surface area contributed by atoms with Gasteiger partial charge in [0.1, 0.15) is 5.69 Å². The number of hydrogen-bond acceptors (Lipinski definition) is 6. The Morgan fingerprint density at radius 1 is 1.38 bits per heavy atom. The van der Waals surface area contributed by atoms with E-state index < -0.39 is 14.9 Å². The molecular formula is C12H19N3O5S. The van der Waals surface area contributed by atoms with Gasteiger partial charge < -0.3 is 10.5 Å².